The summed E-state index contributed by atoms with van der Waals surface area (Å²) in [6.45, 7) is 5.66. The Bertz CT molecular complexity index is 378. The van der Waals surface area contributed by atoms with Crippen LogP contribution in [0.4, 0.5) is 0 Å². The Morgan fingerprint density at radius 2 is 1.88 bits per heavy atom. The summed E-state index contributed by atoms with van der Waals surface area (Å²) in [5, 5.41) is 12.7. The van der Waals surface area contributed by atoms with Crippen molar-refractivity contribution < 1.29 is 24.1 Å². The minimum atomic E-state index is -0.827. The van der Waals surface area contributed by atoms with Crippen LogP contribution in [0.2, 0.25) is 0 Å². The summed E-state index contributed by atoms with van der Waals surface area (Å²) < 4.78 is 17.1. The molecule has 1 heterocycles. The van der Waals surface area contributed by atoms with Crippen LogP contribution in [0, 0.1) is 0 Å². The molecular formula is C18H33NO5. The Labute approximate surface area is 145 Å². The van der Waals surface area contributed by atoms with E-state index in [2.05, 4.69) is 5.32 Å². The summed E-state index contributed by atoms with van der Waals surface area (Å²) in [5.74, 6) is -0.773. The summed E-state index contributed by atoms with van der Waals surface area (Å²) in [6.07, 6.45) is 7.94. The van der Waals surface area contributed by atoms with Crippen LogP contribution in [0.25, 0.3) is 0 Å². The van der Waals surface area contributed by atoms with Crippen molar-refractivity contribution in [1.29, 1.82) is 0 Å². The first-order valence-corrected chi connectivity index (χ1v) is 9.39. The van der Waals surface area contributed by atoms with Gasteiger partial charge in [0.15, 0.2) is 6.29 Å². The molecule has 0 aromatic heterocycles. The lowest BCUT2D eigenvalue weighted by atomic mass is 9.89. The van der Waals surface area contributed by atoms with E-state index in [-0.39, 0.29) is 18.4 Å². The smallest absolute Gasteiger partial charge is 0.323 e. The monoisotopic (exact) mass is 343 g/mol. The maximum absolute atomic E-state index is 11.4. The molecule has 1 aliphatic carbocycles. The van der Waals surface area contributed by atoms with Gasteiger partial charge in [0.05, 0.1) is 19.3 Å². The van der Waals surface area contributed by atoms with E-state index in [0.717, 1.165) is 45.1 Å². The van der Waals surface area contributed by atoms with Crippen LogP contribution in [0.15, 0.2) is 0 Å². The Kier molecular flexibility index (Phi) is 7.94. The van der Waals surface area contributed by atoms with Crippen molar-refractivity contribution in [2.45, 2.75) is 89.2 Å². The third kappa shape index (κ3) is 5.99. The molecule has 1 saturated carbocycles. The highest BCUT2D eigenvalue weighted by atomic mass is 16.7. The molecule has 0 spiro atoms. The maximum Gasteiger partial charge on any atom is 0.323 e. The Morgan fingerprint density at radius 3 is 2.46 bits per heavy atom. The second-order valence-electron chi connectivity index (χ2n) is 7.15. The highest BCUT2D eigenvalue weighted by Gasteiger charge is 2.34. The second-order valence-corrected chi connectivity index (χ2v) is 7.15. The SMILES string of the molecule is CCC(C)(N[C@H]1CC[C@H](OCCOC2CCCCO2)CC1)C(=O)O. The van der Waals surface area contributed by atoms with Crippen molar-refractivity contribution in [3.63, 3.8) is 0 Å². The predicted molar refractivity (Wildman–Crippen MR) is 91.0 cm³/mol. The molecule has 0 aromatic rings. The van der Waals surface area contributed by atoms with Gasteiger partial charge in [-0.05, 0) is 58.3 Å². The van der Waals surface area contributed by atoms with Crippen LogP contribution in [0.1, 0.15) is 65.2 Å². The van der Waals surface area contributed by atoms with E-state index in [1.807, 2.05) is 6.92 Å². The molecule has 2 atom stereocenters. The van der Waals surface area contributed by atoms with Crippen LogP contribution in [-0.4, -0.2) is 54.9 Å². The van der Waals surface area contributed by atoms with E-state index in [4.69, 9.17) is 14.2 Å². The molecule has 2 fully saturated rings. The molecule has 1 saturated heterocycles. The van der Waals surface area contributed by atoms with Gasteiger partial charge >= 0.3 is 5.97 Å². The lowest BCUT2D eigenvalue weighted by Crippen LogP contribution is -2.54. The number of hydrogen-bond donors (Lipinski definition) is 2. The minimum Gasteiger partial charge on any atom is -0.480 e. The van der Waals surface area contributed by atoms with Gasteiger partial charge in [-0.1, -0.05) is 6.92 Å². The van der Waals surface area contributed by atoms with E-state index in [0.29, 0.717) is 19.6 Å². The van der Waals surface area contributed by atoms with Crippen LogP contribution >= 0.6 is 0 Å². The van der Waals surface area contributed by atoms with E-state index in [1.54, 1.807) is 6.92 Å². The van der Waals surface area contributed by atoms with Crippen molar-refractivity contribution >= 4 is 5.97 Å². The summed E-state index contributed by atoms with van der Waals surface area (Å²) in [5.41, 5.74) is -0.827. The van der Waals surface area contributed by atoms with Crippen molar-refractivity contribution in [2.75, 3.05) is 19.8 Å². The van der Waals surface area contributed by atoms with Gasteiger partial charge in [0.25, 0.3) is 0 Å². The van der Waals surface area contributed by atoms with E-state index in [1.165, 1.54) is 6.42 Å². The first kappa shape index (κ1) is 19.6. The van der Waals surface area contributed by atoms with Gasteiger partial charge in [0.1, 0.15) is 5.54 Å². The second kappa shape index (κ2) is 9.70. The molecule has 0 aromatic carbocycles. The Balaban J connectivity index is 1.58. The summed E-state index contributed by atoms with van der Waals surface area (Å²) in [4.78, 5) is 11.4. The lowest BCUT2D eigenvalue weighted by molar-refractivity contribution is -0.172. The third-order valence-electron chi connectivity index (χ3n) is 5.25. The quantitative estimate of drug-likeness (QED) is 0.627. The van der Waals surface area contributed by atoms with Gasteiger partial charge in [0.2, 0.25) is 0 Å². The van der Waals surface area contributed by atoms with Crippen molar-refractivity contribution in [1.82, 2.24) is 5.32 Å². The number of carboxylic acid groups (broad SMARTS) is 1. The lowest BCUT2D eigenvalue weighted by Gasteiger charge is -2.35. The van der Waals surface area contributed by atoms with Crippen LogP contribution < -0.4 is 5.32 Å². The summed E-state index contributed by atoms with van der Waals surface area (Å²) in [7, 11) is 0. The largest absolute Gasteiger partial charge is 0.480 e. The van der Waals surface area contributed by atoms with Gasteiger partial charge in [0, 0.05) is 12.6 Å². The number of rotatable bonds is 9. The normalized spacial score (nSPS) is 30.7. The number of nitrogens with one attached hydrogen (secondary N) is 1. The summed E-state index contributed by atoms with van der Waals surface area (Å²) >= 11 is 0. The fourth-order valence-electron chi connectivity index (χ4n) is 3.38. The molecule has 2 N–H and O–H groups in total. The Morgan fingerprint density at radius 1 is 1.17 bits per heavy atom. The first-order valence-electron chi connectivity index (χ1n) is 9.39. The van der Waals surface area contributed by atoms with Crippen LogP contribution in [0.3, 0.4) is 0 Å². The topological polar surface area (TPSA) is 77.0 Å². The molecule has 2 aliphatic rings. The van der Waals surface area contributed by atoms with Gasteiger partial charge in [-0.2, -0.15) is 0 Å². The van der Waals surface area contributed by atoms with E-state index in [9.17, 15) is 9.90 Å². The summed E-state index contributed by atoms with van der Waals surface area (Å²) in [6, 6.07) is 0.262. The highest BCUT2D eigenvalue weighted by molar-refractivity contribution is 5.78. The number of aliphatic carboxylic acids is 1. The zero-order valence-corrected chi connectivity index (χ0v) is 15.1. The highest BCUT2D eigenvalue weighted by Crippen LogP contribution is 2.24. The zero-order chi connectivity index (χ0) is 17.4. The molecule has 6 heteroatoms. The van der Waals surface area contributed by atoms with E-state index < -0.39 is 11.5 Å². The molecule has 2 unspecified atom stereocenters. The van der Waals surface area contributed by atoms with Gasteiger partial charge in [-0.15, -0.1) is 0 Å². The number of ether oxygens (including phenoxy) is 3. The average molecular weight is 343 g/mol. The first-order chi connectivity index (χ1) is 11.5. The Hall–Kier alpha value is -0.690. The number of hydrogen-bond acceptors (Lipinski definition) is 5. The van der Waals surface area contributed by atoms with Crippen molar-refractivity contribution in [2.24, 2.45) is 0 Å². The predicted octanol–water partition coefficient (Wildman–Crippen LogP) is 2.70. The molecule has 2 rings (SSSR count). The van der Waals surface area contributed by atoms with Gasteiger partial charge < -0.3 is 19.3 Å². The fraction of sp³-hybridized carbons (Fsp3) is 0.944. The average Bonchev–Trinajstić information content (AvgIpc) is 2.60. The maximum atomic E-state index is 11.4. The molecule has 0 radical (unpaired) electrons. The minimum absolute atomic E-state index is 0.0509. The van der Waals surface area contributed by atoms with Crippen molar-refractivity contribution in [3.05, 3.63) is 0 Å². The van der Waals surface area contributed by atoms with Crippen LogP contribution in [0.5, 0.6) is 0 Å². The zero-order valence-electron chi connectivity index (χ0n) is 15.1. The standard InChI is InChI=1S/C18H33NO5/c1-3-18(2,17(20)21)19-14-7-9-15(10-8-14)22-12-13-24-16-6-4-5-11-23-16/h14-16,19H,3-13H2,1-2H3,(H,20,21)/t14-,15-,16?,18?. The molecule has 6 nitrogen and oxygen atoms in total. The molecule has 1 aliphatic heterocycles. The molecule has 24 heavy (non-hydrogen) atoms. The van der Waals surface area contributed by atoms with Crippen molar-refractivity contribution in [3.8, 4) is 0 Å². The molecule has 140 valence electrons. The third-order valence-corrected chi connectivity index (χ3v) is 5.25. The van der Waals surface area contributed by atoms with Gasteiger partial charge in [-0.3, -0.25) is 10.1 Å². The number of carboxylic acids is 1. The van der Waals surface area contributed by atoms with E-state index >= 15 is 0 Å². The molecular weight excluding hydrogens is 310 g/mol. The fourth-order valence-corrected chi connectivity index (χ4v) is 3.38. The molecule has 0 amide bonds. The van der Waals surface area contributed by atoms with Crippen LogP contribution in [-0.2, 0) is 19.0 Å². The van der Waals surface area contributed by atoms with Gasteiger partial charge in [-0.25, -0.2) is 0 Å². The molecule has 0 bridgehead atoms. The number of carbonyl (C=O) groups is 1.